The molecule has 17 heavy (non-hydrogen) atoms. The second-order valence-corrected chi connectivity index (χ2v) is 5.23. The monoisotopic (exact) mass is 237 g/mol. The van der Waals surface area contributed by atoms with Crippen molar-refractivity contribution in [2.75, 3.05) is 20.3 Å². The van der Waals surface area contributed by atoms with E-state index in [1.807, 2.05) is 6.07 Å². The summed E-state index contributed by atoms with van der Waals surface area (Å²) in [6, 6.07) is 4.14. The lowest BCUT2D eigenvalue weighted by atomic mass is 9.85. The third-order valence-corrected chi connectivity index (χ3v) is 2.59. The van der Waals surface area contributed by atoms with Crippen molar-refractivity contribution < 1.29 is 9.47 Å². The van der Waals surface area contributed by atoms with Crippen molar-refractivity contribution in [2.24, 2.45) is 5.73 Å². The van der Waals surface area contributed by atoms with Gasteiger partial charge in [0, 0.05) is 12.1 Å². The first-order chi connectivity index (χ1) is 7.90. The van der Waals surface area contributed by atoms with Gasteiger partial charge in [0.15, 0.2) is 11.5 Å². The van der Waals surface area contributed by atoms with Crippen LogP contribution in [0.2, 0.25) is 0 Å². The maximum Gasteiger partial charge on any atom is 0.164 e. The standard InChI is InChI=1S/C14H23NO2/c1-10-8-11(14(2,3)4)13(16-5)12(9-10)17-7-6-15/h8-9H,6-7,15H2,1-5H3. The lowest BCUT2D eigenvalue weighted by Gasteiger charge is -2.24. The lowest BCUT2D eigenvalue weighted by Crippen LogP contribution is -2.16. The SMILES string of the molecule is COc1c(OCCN)cc(C)cc1C(C)(C)C. The summed E-state index contributed by atoms with van der Waals surface area (Å²) in [4.78, 5) is 0. The Bertz CT molecular complexity index is 381. The summed E-state index contributed by atoms with van der Waals surface area (Å²) in [6.45, 7) is 9.56. The van der Waals surface area contributed by atoms with Gasteiger partial charge in [-0.25, -0.2) is 0 Å². The van der Waals surface area contributed by atoms with Gasteiger partial charge in [0.05, 0.1) is 7.11 Å². The van der Waals surface area contributed by atoms with Crippen molar-refractivity contribution in [1.29, 1.82) is 0 Å². The van der Waals surface area contributed by atoms with Crippen LogP contribution < -0.4 is 15.2 Å². The van der Waals surface area contributed by atoms with Crippen molar-refractivity contribution in [3.05, 3.63) is 23.3 Å². The molecule has 1 aromatic rings. The molecular formula is C14H23NO2. The van der Waals surface area contributed by atoms with E-state index >= 15 is 0 Å². The molecular weight excluding hydrogens is 214 g/mol. The van der Waals surface area contributed by atoms with E-state index in [-0.39, 0.29) is 5.41 Å². The van der Waals surface area contributed by atoms with Crippen LogP contribution in [0, 0.1) is 6.92 Å². The van der Waals surface area contributed by atoms with Crippen LogP contribution in [0.4, 0.5) is 0 Å². The fourth-order valence-corrected chi connectivity index (χ4v) is 1.78. The van der Waals surface area contributed by atoms with Gasteiger partial charge in [-0.1, -0.05) is 26.8 Å². The Kier molecular flexibility index (Phi) is 4.40. The van der Waals surface area contributed by atoms with Gasteiger partial charge in [-0.15, -0.1) is 0 Å². The molecule has 0 heterocycles. The van der Waals surface area contributed by atoms with Gasteiger partial charge in [0.25, 0.3) is 0 Å². The molecule has 0 saturated carbocycles. The Labute approximate surface area is 104 Å². The third kappa shape index (κ3) is 3.37. The minimum atomic E-state index is 0.0260. The molecule has 0 fully saturated rings. The average molecular weight is 237 g/mol. The van der Waals surface area contributed by atoms with Crippen LogP contribution in [0.5, 0.6) is 11.5 Å². The molecule has 0 unspecified atom stereocenters. The third-order valence-electron chi connectivity index (χ3n) is 2.59. The van der Waals surface area contributed by atoms with Crippen molar-refractivity contribution in [3.8, 4) is 11.5 Å². The highest BCUT2D eigenvalue weighted by Crippen LogP contribution is 2.39. The number of benzene rings is 1. The van der Waals surface area contributed by atoms with Crippen LogP contribution in [0.1, 0.15) is 31.9 Å². The zero-order chi connectivity index (χ0) is 13.1. The van der Waals surface area contributed by atoms with E-state index in [1.165, 1.54) is 5.56 Å². The molecule has 1 rings (SSSR count). The number of aryl methyl sites for hydroxylation is 1. The summed E-state index contributed by atoms with van der Waals surface area (Å²) in [5, 5.41) is 0. The largest absolute Gasteiger partial charge is 0.493 e. The molecule has 0 aliphatic heterocycles. The Hall–Kier alpha value is -1.22. The van der Waals surface area contributed by atoms with Gasteiger partial charge in [0.2, 0.25) is 0 Å². The summed E-state index contributed by atoms with van der Waals surface area (Å²) in [6.07, 6.45) is 0. The molecule has 1 aromatic carbocycles. The highest BCUT2D eigenvalue weighted by Gasteiger charge is 2.22. The minimum absolute atomic E-state index is 0.0260. The second kappa shape index (κ2) is 5.41. The topological polar surface area (TPSA) is 44.5 Å². The van der Waals surface area contributed by atoms with Gasteiger partial charge in [-0.05, 0) is 24.0 Å². The minimum Gasteiger partial charge on any atom is -0.493 e. The zero-order valence-electron chi connectivity index (χ0n) is 11.5. The molecule has 0 aromatic heterocycles. The van der Waals surface area contributed by atoms with Gasteiger partial charge in [0.1, 0.15) is 6.61 Å². The fourth-order valence-electron chi connectivity index (χ4n) is 1.78. The Morgan fingerprint density at radius 2 is 1.88 bits per heavy atom. The number of rotatable bonds is 4. The van der Waals surface area contributed by atoms with E-state index in [9.17, 15) is 0 Å². The van der Waals surface area contributed by atoms with Crippen LogP contribution in [0.15, 0.2) is 12.1 Å². The Balaban J connectivity index is 3.25. The summed E-state index contributed by atoms with van der Waals surface area (Å²) < 4.78 is 11.1. The molecule has 0 amide bonds. The van der Waals surface area contributed by atoms with E-state index in [0.29, 0.717) is 13.2 Å². The summed E-state index contributed by atoms with van der Waals surface area (Å²) >= 11 is 0. The Morgan fingerprint density at radius 1 is 1.24 bits per heavy atom. The van der Waals surface area contributed by atoms with Crippen LogP contribution in [0.3, 0.4) is 0 Å². The van der Waals surface area contributed by atoms with E-state index in [0.717, 1.165) is 17.1 Å². The maximum absolute atomic E-state index is 5.64. The number of ether oxygens (including phenoxy) is 2. The molecule has 0 aliphatic carbocycles. The first kappa shape index (κ1) is 13.8. The summed E-state index contributed by atoms with van der Waals surface area (Å²) in [7, 11) is 1.68. The van der Waals surface area contributed by atoms with Gasteiger partial charge in [-0.2, -0.15) is 0 Å². The van der Waals surface area contributed by atoms with Crippen LogP contribution in [0.25, 0.3) is 0 Å². The van der Waals surface area contributed by atoms with Crippen molar-refractivity contribution >= 4 is 0 Å². The van der Waals surface area contributed by atoms with Gasteiger partial charge >= 0.3 is 0 Å². The predicted octanol–water partition coefficient (Wildman–Crippen LogP) is 2.64. The van der Waals surface area contributed by atoms with Crippen molar-refractivity contribution in [3.63, 3.8) is 0 Å². The predicted molar refractivity (Wildman–Crippen MR) is 71.0 cm³/mol. The highest BCUT2D eigenvalue weighted by molar-refractivity contribution is 5.52. The van der Waals surface area contributed by atoms with E-state index in [2.05, 4.69) is 33.8 Å². The number of nitrogens with two attached hydrogens (primary N) is 1. The van der Waals surface area contributed by atoms with Crippen LogP contribution in [-0.4, -0.2) is 20.3 Å². The van der Waals surface area contributed by atoms with Crippen LogP contribution >= 0.6 is 0 Å². The molecule has 3 nitrogen and oxygen atoms in total. The van der Waals surface area contributed by atoms with Gasteiger partial charge < -0.3 is 15.2 Å². The first-order valence-electron chi connectivity index (χ1n) is 5.92. The molecule has 96 valence electrons. The average Bonchev–Trinajstić information content (AvgIpc) is 2.24. The smallest absolute Gasteiger partial charge is 0.164 e. The number of hydrogen-bond donors (Lipinski definition) is 1. The fraction of sp³-hybridized carbons (Fsp3) is 0.571. The van der Waals surface area contributed by atoms with Crippen molar-refractivity contribution in [2.45, 2.75) is 33.1 Å². The van der Waals surface area contributed by atoms with E-state index in [4.69, 9.17) is 15.2 Å². The van der Waals surface area contributed by atoms with Crippen molar-refractivity contribution in [1.82, 2.24) is 0 Å². The number of methoxy groups -OCH3 is 1. The summed E-state index contributed by atoms with van der Waals surface area (Å²) in [5.41, 5.74) is 7.82. The molecule has 0 spiro atoms. The summed E-state index contributed by atoms with van der Waals surface area (Å²) in [5.74, 6) is 1.60. The molecule has 0 atom stereocenters. The van der Waals surface area contributed by atoms with Crippen LogP contribution in [-0.2, 0) is 5.41 Å². The number of hydrogen-bond acceptors (Lipinski definition) is 3. The normalized spacial score (nSPS) is 11.4. The first-order valence-corrected chi connectivity index (χ1v) is 5.92. The molecule has 0 aliphatic rings. The molecule has 0 bridgehead atoms. The maximum atomic E-state index is 5.64. The molecule has 0 saturated heterocycles. The molecule has 3 heteroatoms. The van der Waals surface area contributed by atoms with E-state index in [1.54, 1.807) is 7.11 Å². The van der Waals surface area contributed by atoms with Gasteiger partial charge in [-0.3, -0.25) is 0 Å². The highest BCUT2D eigenvalue weighted by atomic mass is 16.5. The quantitative estimate of drug-likeness (QED) is 0.875. The zero-order valence-corrected chi connectivity index (χ0v) is 11.5. The second-order valence-electron chi connectivity index (χ2n) is 5.23. The lowest BCUT2D eigenvalue weighted by molar-refractivity contribution is 0.298. The molecule has 0 radical (unpaired) electrons. The van der Waals surface area contributed by atoms with E-state index < -0.39 is 0 Å². The molecule has 2 N–H and O–H groups in total. The Morgan fingerprint density at radius 3 is 2.35 bits per heavy atom.